The van der Waals surface area contributed by atoms with E-state index in [2.05, 4.69) is 45.4 Å². The number of hydrogen-bond donors (Lipinski definition) is 3. The van der Waals surface area contributed by atoms with Crippen LogP contribution in [0.4, 0.5) is 5.69 Å². The van der Waals surface area contributed by atoms with Gasteiger partial charge in [-0.15, -0.1) is 0 Å². The first kappa shape index (κ1) is 18.3. The van der Waals surface area contributed by atoms with Crippen molar-refractivity contribution in [3.05, 3.63) is 69.9 Å². The molecule has 0 bridgehead atoms. The summed E-state index contributed by atoms with van der Waals surface area (Å²) in [5.41, 5.74) is 3.76. The van der Waals surface area contributed by atoms with Crippen LogP contribution in [-0.2, 0) is 12.2 Å². The smallest absolute Gasteiger partial charge is 0.274 e. The number of H-pyrrole nitrogens is 2. The average Bonchev–Trinajstić information content (AvgIpc) is 3.05. The summed E-state index contributed by atoms with van der Waals surface area (Å²) in [5.74, 6) is 0.624. The van der Waals surface area contributed by atoms with Gasteiger partial charge in [0.15, 0.2) is 0 Å². The number of anilines is 1. The fourth-order valence-electron chi connectivity index (χ4n) is 3.39. The summed E-state index contributed by atoms with van der Waals surface area (Å²) in [6.45, 7) is 2.13. The van der Waals surface area contributed by atoms with E-state index in [0.717, 1.165) is 22.8 Å². The van der Waals surface area contributed by atoms with Gasteiger partial charge in [-0.2, -0.15) is 11.8 Å². The molecular formula is C21H20N4O2S. The molecule has 0 saturated carbocycles. The van der Waals surface area contributed by atoms with Crippen LogP contribution < -0.4 is 10.9 Å². The first-order valence-electron chi connectivity index (χ1n) is 9.03. The Morgan fingerprint density at radius 2 is 2.00 bits per heavy atom. The molecule has 0 atom stereocenters. The molecule has 2 heterocycles. The number of aromatic nitrogens is 3. The highest BCUT2D eigenvalue weighted by molar-refractivity contribution is 7.97. The first-order chi connectivity index (χ1) is 13.6. The SMILES string of the molecule is CCc1cccc2c1[nH]c1cc(NC(=O)c3cc(=O)[nH]c(CSC)n3)ccc12. The Hall–Kier alpha value is -3.06. The number of fused-ring (bicyclic) bond motifs is 3. The number of carbonyl (C=O) groups is 1. The van der Waals surface area contributed by atoms with Crippen molar-refractivity contribution in [3.63, 3.8) is 0 Å². The van der Waals surface area contributed by atoms with Crippen LogP contribution in [-0.4, -0.2) is 27.1 Å². The van der Waals surface area contributed by atoms with Crippen LogP contribution in [0.1, 0.15) is 28.8 Å². The van der Waals surface area contributed by atoms with Gasteiger partial charge >= 0.3 is 0 Å². The lowest BCUT2D eigenvalue weighted by molar-refractivity contribution is 0.102. The Labute approximate surface area is 165 Å². The van der Waals surface area contributed by atoms with Gasteiger partial charge in [0.1, 0.15) is 11.5 Å². The molecule has 4 rings (SSSR count). The van der Waals surface area contributed by atoms with E-state index < -0.39 is 5.91 Å². The van der Waals surface area contributed by atoms with E-state index in [1.165, 1.54) is 28.8 Å². The zero-order valence-electron chi connectivity index (χ0n) is 15.6. The van der Waals surface area contributed by atoms with Gasteiger partial charge in [-0.25, -0.2) is 4.98 Å². The molecule has 2 aromatic carbocycles. The molecule has 0 unspecified atom stereocenters. The van der Waals surface area contributed by atoms with Crippen molar-refractivity contribution < 1.29 is 4.79 Å². The summed E-state index contributed by atoms with van der Waals surface area (Å²) in [6.07, 6.45) is 2.85. The van der Waals surface area contributed by atoms with Gasteiger partial charge < -0.3 is 15.3 Å². The lowest BCUT2D eigenvalue weighted by Crippen LogP contribution is -2.20. The topological polar surface area (TPSA) is 90.6 Å². The zero-order chi connectivity index (χ0) is 19.7. The molecule has 142 valence electrons. The highest BCUT2D eigenvalue weighted by atomic mass is 32.2. The number of amides is 1. The molecule has 0 fully saturated rings. The molecule has 0 aliphatic carbocycles. The number of benzene rings is 2. The number of carbonyl (C=O) groups excluding carboxylic acids is 1. The standard InChI is InChI=1S/C21H20N4O2S/c1-3-12-5-4-6-15-14-8-7-13(9-16(14)24-20(12)15)22-21(27)17-10-19(26)25-18(23-17)11-28-2/h4-10,24H,3,11H2,1-2H3,(H,22,27)(H,23,25,26). The maximum Gasteiger partial charge on any atom is 0.274 e. The van der Waals surface area contributed by atoms with Crippen molar-refractivity contribution in [3.8, 4) is 0 Å². The highest BCUT2D eigenvalue weighted by Gasteiger charge is 2.12. The van der Waals surface area contributed by atoms with E-state index in [1.54, 1.807) is 0 Å². The fourth-order valence-corrected chi connectivity index (χ4v) is 3.80. The summed E-state index contributed by atoms with van der Waals surface area (Å²) in [6, 6.07) is 13.3. The minimum absolute atomic E-state index is 0.109. The van der Waals surface area contributed by atoms with Gasteiger partial charge in [0, 0.05) is 33.6 Å². The number of thioether (sulfide) groups is 1. The predicted molar refractivity (Wildman–Crippen MR) is 115 cm³/mol. The summed E-state index contributed by atoms with van der Waals surface area (Å²) in [4.78, 5) is 34.7. The predicted octanol–water partition coefficient (Wildman–Crippen LogP) is 4.08. The van der Waals surface area contributed by atoms with Gasteiger partial charge in [-0.1, -0.05) is 31.2 Å². The van der Waals surface area contributed by atoms with Crippen LogP contribution in [0.25, 0.3) is 21.8 Å². The number of rotatable bonds is 5. The van der Waals surface area contributed by atoms with Crippen molar-refractivity contribution in [1.82, 2.24) is 15.0 Å². The lowest BCUT2D eigenvalue weighted by Gasteiger charge is -2.06. The van der Waals surface area contributed by atoms with Crippen molar-refractivity contribution in [2.45, 2.75) is 19.1 Å². The zero-order valence-corrected chi connectivity index (χ0v) is 16.4. The Kier molecular flexibility index (Phi) is 4.92. The van der Waals surface area contributed by atoms with Crippen LogP contribution in [0.5, 0.6) is 0 Å². The molecule has 28 heavy (non-hydrogen) atoms. The quantitative estimate of drug-likeness (QED) is 0.477. The maximum atomic E-state index is 12.6. The molecule has 0 spiro atoms. The van der Waals surface area contributed by atoms with Gasteiger partial charge in [0.2, 0.25) is 0 Å². The van der Waals surface area contributed by atoms with E-state index in [4.69, 9.17) is 0 Å². The third kappa shape index (κ3) is 3.41. The summed E-state index contributed by atoms with van der Waals surface area (Å²) >= 11 is 1.53. The number of aryl methyl sites for hydroxylation is 1. The molecule has 0 aliphatic heterocycles. The number of hydrogen-bond acceptors (Lipinski definition) is 4. The van der Waals surface area contributed by atoms with E-state index in [0.29, 0.717) is 17.3 Å². The van der Waals surface area contributed by atoms with Gasteiger partial charge in [-0.3, -0.25) is 9.59 Å². The van der Waals surface area contributed by atoms with Gasteiger partial charge in [0.25, 0.3) is 11.5 Å². The van der Waals surface area contributed by atoms with E-state index in [-0.39, 0.29) is 11.3 Å². The summed E-state index contributed by atoms with van der Waals surface area (Å²) < 4.78 is 0. The Morgan fingerprint density at radius 1 is 1.14 bits per heavy atom. The largest absolute Gasteiger partial charge is 0.354 e. The van der Waals surface area contributed by atoms with Gasteiger partial charge in [0.05, 0.1) is 5.75 Å². The lowest BCUT2D eigenvalue weighted by atomic mass is 10.1. The van der Waals surface area contributed by atoms with Crippen LogP contribution in [0.3, 0.4) is 0 Å². The number of nitrogens with zero attached hydrogens (tertiary/aromatic N) is 1. The molecule has 4 aromatic rings. The minimum Gasteiger partial charge on any atom is -0.354 e. The Balaban J connectivity index is 1.67. The average molecular weight is 392 g/mol. The molecule has 1 amide bonds. The van der Waals surface area contributed by atoms with E-state index >= 15 is 0 Å². The van der Waals surface area contributed by atoms with Gasteiger partial charge in [-0.05, 0) is 30.4 Å². The molecule has 0 aliphatic rings. The molecule has 6 nitrogen and oxygen atoms in total. The van der Waals surface area contributed by atoms with Crippen LogP contribution >= 0.6 is 11.8 Å². The second kappa shape index (κ2) is 7.52. The van der Waals surface area contributed by atoms with E-state index in [9.17, 15) is 9.59 Å². The number of para-hydroxylation sites is 1. The van der Waals surface area contributed by atoms with Crippen LogP contribution in [0, 0.1) is 0 Å². The summed E-state index contributed by atoms with van der Waals surface area (Å²) in [5, 5.41) is 5.12. The Bertz CT molecular complexity index is 1240. The number of nitrogens with one attached hydrogen (secondary N) is 3. The fraction of sp³-hybridized carbons (Fsp3) is 0.190. The monoisotopic (exact) mass is 392 g/mol. The van der Waals surface area contributed by atoms with Crippen molar-refractivity contribution in [2.24, 2.45) is 0 Å². The summed E-state index contributed by atoms with van der Waals surface area (Å²) in [7, 11) is 0. The normalized spacial score (nSPS) is 11.2. The van der Waals surface area contributed by atoms with Crippen molar-refractivity contribution in [2.75, 3.05) is 11.6 Å². The maximum absolute atomic E-state index is 12.6. The molecule has 2 aromatic heterocycles. The second-order valence-corrected chi connectivity index (χ2v) is 7.41. The third-order valence-electron chi connectivity index (χ3n) is 4.66. The molecule has 3 N–H and O–H groups in total. The van der Waals surface area contributed by atoms with Crippen LogP contribution in [0.15, 0.2) is 47.3 Å². The minimum atomic E-state index is -0.404. The third-order valence-corrected chi connectivity index (χ3v) is 5.23. The Morgan fingerprint density at radius 3 is 2.79 bits per heavy atom. The molecular weight excluding hydrogens is 372 g/mol. The van der Waals surface area contributed by atoms with E-state index in [1.807, 2.05) is 24.5 Å². The second-order valence-electron chi connectivity index (χ2n) is 6.54. The number of aromatic amines is 2. The highest BCUT2D eigenvalue weighted by Crippen LogP contribution is 2.29. The van der Waals surface area contributed by atoms with Crippen molar-refractivity contribution in [1.29, 1.82) is 0 Å². The molecule has 0 radical (unpaired) electrons. The van der Waals surface area contributed by atoms with Crippen LogP contribution in [0.2, 0.25) is 0 Å². The molecule has 7 heteroatoms. The van der Waals surface area contributed by atoms with Crippen molar-refractivity contribution >= 4 is 45.2 Å². The molecule has 0 saturated heterocycles. The first-order valence-corrected chi connectivity index (χ1v) is 10.4.